The van der Waals surface area contributed by atoms with Crippen molar-refractivity contribution in [3.05, 3.63) is 71.9 Å². The Morgan fingerprint density at radius 1 is 1.04 bits per heavy atom. The van der Waals surface area contributed by atoms with Gasteiger partial charge in [-0.1, -0.05) is 54.1 Å². The Hall–Kier alpha value is -3.08. The second-order valence-electron chi connectivity index (χ2n) is 5.94. The van der Waals surface area contributed by atoms with Crippen molar-refractivity contribution in [2.75, 3.05) is 13.7 Å². The maximum atomic E-state index is 11.8. The van der Waals surface area contributed by atoms with Crippen LogP contribution >= 0.6 is 0 Å². The summed E-state index contributed by atoms with van der Waals surface area (Å²) in [6, 6.07) is 20.2. The maximum Gasteiger partial charge on any atom is 0.325 e. The van der Waals surface area contributed by atoms with Gasteiger partial charge in [0.2, 0.25) is 5.91 Å². The largest absolute Gasteiger partial charge is 0.468 e. The third kappa shape index (κ3) is 5.48. The number of fused-ring (bicyclic) bond motifs is 1. The van der Waals surface area contributed by atoms with Crippen molar-refractivity contribution in [3.8, 4) is 0 Å². The van der Waals surface area contributed by atoms with Crippen molar-refractivity contribution in [1.82, 2.24) is 9.88 Å². The number of hydrogen-bond acceptors (Lipinski definition) is 3. The molecule has 0 bridgehead atoms. The van der Waals surface area contributed by atoms with Crippen LogP contribution in [0.15, 0.2) is 60.7 Å². The van der Waals surface area contributed by atoms with Gasteiger partial charge in [0, 0.05) is 12.6 Å². The molecule has 26 heavy (non-hydrogen) atoms. The van der Waals surface area contributed by atoms with Crippen LogP contribution in [0.25, 0.3) is 10.9 Å². The fraction of sp³-hybridized carbons (Fsp3) is 0.238. The number of nitrogens with one attached hydrogen (secondary N) is 1. The molecule has 5 heteroatoms. The minimum atomic E-state index is -0.456. The summed E-state index contributed by atoms with van der Waals surface area (Å²) < 4.78 is 6.39. The first-order chi connectivity index (χ1) is 12.5. The van der Waals surface area contributed by atoms with Crippen molar-refractivity contribution in [1.29, 1.82) is 0 Å². The number of carbonyl (C=O) groups excluding carboxylic acids is 2. The molecule has 1 heterocycles. The van der Waals surface area contributed by atoms with Gasteiger partial charge in [-0.3, -0.25) is 9.59 Å². The van der Waals surface area contributed by atoms with Crippen LogP contribution in [0.4, 0.5) is 0 Å². The first-order valence-corrected chi connectivity index (χ1v) is 8.41. The number of benzene rings is 2. The molecule has 0 aliphatic heterocycles. The highest BCUT2D eigenvalue weighted by atomic mass is 16.5. The second kappa shape index (κ2) is 9.42. The lowest BCUT2D eigenvalue weighted by Gasteiger charge is -2.08. The maximum absolute atomic E-state index is 11.8. The molecular weight excluding hydrogens is 328 g/mol. The molecule has 1 N–H and O–H groups in total. The van der Waals surface area contributed by atoms with E-state index in [4.69, 9.17) is 0 Å². The molecule has 0 radical (unpaired) electrons. The summed E-state index contributed by atoms with van der Waals surface area (Å²) >= 11 is 0. The van der Waals surface area contributed by atoms with Crippen LogP contribution in [0.2, 0.25) is 0 Å². The zero-order valence-corrected chi connectivity index (χ0v) is 15.4. The highest BCUT2D eigenvalue weighted by Gasteiger charge is 2.10. The van der Waals surface area contributed by atoms with E-state index in [9.17, 15) is 9.59 Å². The lowest BCUT2D eigenvalue weighted by molar-refractivity contribution is -0.141. The van der Waals surface area contributed by atoms with Crippen LogP contribution in [-0.2, 0) is 20.9 Å². The van der Waals surface area contributed by atoms with Crippen molar-refractivity contribution < 1.29 is 15.8 Å². The fourth-order valence-electron chi connectivity index (χ4n) is 2.54. The van der Waals surface area contributed by atoms with Gasteiger partial charge >= 0.3 is 5.97 Å². The van der Waals surface area contributed by atoms with Crippen LogP contribution in [0, 0.1) is 13.8 Å². The molecule has 1 amide bonds. The zero-order chi connectivity index (χ0) is 18.9. The summed E-state index contributed by atoms with van der Waals surface area (Å²) in [5, 5.41) is 3.63. The first-order valence-electron chi connectivity index (χ1n) is 8.41. The molecule has 0 aliphatic rings. The van der Waals surface area contributed by atoms with Crippen molar-refractivity contribution >= 4 is 22.8 Å². The minimum absolute atomic E-state index is 0. The van der Waals surface area contributed by atoms with Crippen molar-refractivity contribution in [3.63, 3.8) is 0 Å². The van der Waals surface area contributed by atoms with Crippen molar-refractivity contribution in [2.24, 2.45) is 0 Å². The van der Waals surface area contributed by atoms with Gasteiger partial charge in [-0.15, -0.1) is 0 Å². The summed E-state index contributed by atoms with van der Waals surface area (Å²) in [7, 11) is 1.29. The normalized spacial score (nSPS) is 9.96. The van der Waals surface area contributed by atoms with E-state index >= 15 is 0 Å². The van der Waals surface area contributed by atoms with E-state index in [0.29, 0.717) is 0 Å². The second-order valence-corrected chi connectivity index (χ2v) is 5.94. The number of para-hydroxylation sites is 1. The Morgan fingerprint density at radius 3 is 2.31 bits per heavy atom. The van der Waals surface area contributed by atoms with E-state index in [0.717, 1.165) is 16.6 Å². The Kier molecular flexibility index (Phi) is 6.97. The van der Waals surface area contributed by atoms with Gasteiger partial charge in [0.1, 0.15) is 13.1 Å². The molecule has 138 valence electrons. The lowest BCUT2D eigenvalue weighted by atomic mass is 10.2. The Labute approximate surface area is 155 Å². The predicted molar refractivity (Wildman–Crippen MR) is 105 cm³/mol. The monoisotopic (exact) mass is 354 g/mol. The number of methoxy groups -OCH3 is 1. The molecule has 5 nitrogen and oxygen atoms in total. The average molecular weight is 354 g/mol. The number of esters is 1. The highest BCUT2D eigenvalue weighted by molar-refractivity contribution is 5.85. The molecule has 0 saturated heterocycles. The molecule has 0 atom stereocenters. The van der Waals surface area contributed by atoms with Gasteiger partial charge in [-0.2, -0.15) is 0 Å². The molecule has 0 spiro atoms. The van der Waals surface area contributed by atoms with E-state index < -0.39 is 5.97 Å². The summed E-state index contributed by atoms with van der Waals surface area (Å²) in [5.74, 6) is -0.669. The molecule has 0 saturated carbocycles. The summed E-state index contributed by atoms with van der Waals surface area (Å²) in [4.78, 5) is 22.7. The molecule has 1 aromatic heterocycles. The minimum Gasteiger partial charge on any atom is -0.468 e. The molecular formula is C21H26N2O3. The van der Waals surface area contributed by atoms with Gasteiger partial charge in [-0.05, 0) is 31.4 Å². The number of aromatic nitrogens is 1. The van der Waals surface area contributed by atoms with Gasteiger partial charge in [0.25, 0.3) is 0 Å². The SMILES string of the molecule is COC(=O)CNC(=O)Cn1c(C)cc2ccccc21.Cc1ccccc1.[HH]. The Bertz CT molecular complexity index is 876. The van der Waals surface area contributed by atoms with E-state index in [1.54, 1.807) is 0 Å². The third-order valence-electron chi connectivity index (χ3n) is 3.92. The molecule has 0 unspecified atom stereocenters. The number of amides is 1. The number of nitrogens with zero attached hydrogens (tertiary/aromatic N) is 1. The summed E-state index contributed by atoms with van der Waals surface area (Å²) in [5.41, 5.74) is 3.34. The Balaban J connectivity index is 0.000000385. The average Bonchev–Trinajstić information content (AvgIpc) is 2.96. The molecule has 3 rings (SSSR count). The van der Waals surface area contributed by atoms with E-state index in [2.05, 4.69) is 29.1 Å². The van der Waals surface area contributed by atoms with Gasteiger partial charge in [0.15, 0.2) is 0 Å². The van der Waals surface area contributed by atoms with E-state index in [1.807, 2.05) is 60.0 Å². The van der Waals surface area contributed by atoms with Gasteiger partial charge in [-0.25, -0.2) is 0 Å². The lowest BCUT2D eigenvalue weighted by Crippen LogP contribution is -2.32. The predicted octanol–water partition coefficient (Wildman–Crippen LogP) is 3.48. The topological polar surface area (TPSA) is 60.3 Å². The van der Waals surface area contributed by atoms with Crippen LogP contribution in [0.1, 0.15) is 12.7 Å². The van der Waals surface area contributed by atoms with Crippen LogP contribution in [0.3, 0.4) is 0 Å². The fourth-order valence-corrected chi connectivity index (χ4v) is 2.54. The van der Waals surface area contributed by atoms with E-state index in [-0.39, 0.29) is 20.4 Å². The third-order valence-corrected chi connectivity index (χ3v) is 3.92. The van der Waals surface area contributed by atoms with Gasteiger partial charge in [0.05, 0.1) is 7.11 Å². The number of carbonyl (C=O) groups is 2. The summed E-state index contributed by atoms with van der Waals surface area (Å²) in [6.45, 7) is 4.12. The smallest absolute Gasteiger partial charge is 0.325 e. The molecule has 3 aromatic rings. The molecule has 0 fully saturated rings. The van der Waals surface area contributed by atoms with Crippen LogP contribution in [0.5, 0.6) is 0 Å². The van der Waals surface area contributed by atoms with Crippen molar-refractivity contribution in [2.45, 2.75) is 20.4 Å². The van der Waals surface area contributed by atoms with Gasteiger partial charge < -0.3 is 14.6 Å². The number of hydrogen-bond donors (Lipinski definition) is 1. The quantitative estimate of drug-likeness (QED) is 0.730. The standard InChI is InChI=1S/C14H16N2O3.C7H8.H2/c1-10-7-11-5-3-4-6-12(11)16(10)9-13(17)15-8-14(18)19-2;1-7-5-3-2-4-6-7;/h3-7H,8-9H2,1-2H3,(H,15,17);2-6H,1H3;1H. The number of aryl methyl sites for hydroxylation is 2. The van der Waals surface area contributed by atoms with E-state index in [1.165, 1.54) is 12.7 Å². The van der Waals surface area contributed by atoms with Crippen LogP contribution in [-0.4, -0.2) is 30.1 Å². The summed E-state index contributed by atoms with van der Waals surface area (Å²) in [6.07, 6.45) is 0. The zero-order valence-electron chi connectivity index (χ0n) is 15.4. The highest BCUT2D eigenvalue weighted by Crippen LogP contribution is 2.18. The molecule has 2 aromatic carbocycles. The molecule has 0 aliphatic carbocycles. The Morgan fingerprint density at radius 2 is 1.69 bits per heavy atom. The number of ether oxygens (including phenoxy) is 1. The number of rotatable bonds is 4. The van der Waals surface area contributed by atoms with Crippen LogP contribution < -0.4 is 5.32 Å². The first kappa shape index (κ1) is 19.2.